The lowest BCUT2D eigenvalue weighted by atomic mass is 10.1. The summed E-state index contributed by atoms with van der Waals surface area (Å²) in [6, 6.07) is 12.8. The summed E-state index contributed by atoms with van der Waals surface area (Å²) in [5.41, 5.74) is 2.46. The lowest BCUT2D eigenvalue weighted by molar-refractivity contribution is 0.250. The van der Waals surface area contributed by atoms with E-state index in [0.717, 1.165) is 17.0 Å². The van der Waals surface area contributed by atoms with Crippen molar-refractivity contribution in [3.05, 3.63) is 53.1 Å². The average Bonchev–Trinajstić information content (AvgIpc) is 2.49. The number of fused-ring (bicyclic) bond motifs is 1. The Balaban J connectivity index is 1.87. The van der Waals surface area contributed by atoms with Gasteiger partial charge in [-0.1, -0.05) is 29.8 Å². The number of para-hydroxylation sites is 1. The van der Waals surface area contributed by atoms with Crippen LogP contribution < -0.4 is 15.0 Å². The van der Waals surface area contributed by atoms with Crippen LogP contribution in [0.5, 0.6) is 5.75 Å². The lowest BCUT2D eigenvalue weighted by Gasteiger charge is -2.30. The van der Waals surface area contributed by atoms with E-state index in [9.17, 15) is 4.79 Å². The quantitative estimate of drug-likeness (QED) is 0.862. The van der Waals surface area contributed by atoms with Gasteiger partial charge in [0.05, 0.1) is 22.9 Å². The first-order valence-electron chi connectivity index (χ1n) is 6.71. The molecule has 0 radical (unpaired) electrons. The Morgan fingerprint density at radius 3 is 2.90 bits per heavy atom. The second-order valence-corrected chi connectivity index (χ2v) is 5.29. The van der Waals surface area contributed by atoms with Crippen LogP contribution in [0.15, 0.2) is 42.5 Å². The van der Waals surface area contributed by atoms with Gasteiger partial charge in [0.25, 0.3) is 0 Å². The van der Waals surface area contributed by atoms with Crippen molar-refractivity contribution in [2.75, 3.05) is 23.4 Å². The number of benzene rings is 2. The molecule has 0 saturated heterocycles. The Labute approximate surface area is 128 Å². The zero-order valence-electron chi connectivity index (χ0n) is 11.6. The van der Waals surface area contributed by atoms with Gasteiger partial charge in [-0.3, -0.25) is 4.90 Å². The number of nitrogens with one attached hydrogen (secondary N) is 1. The summed E-state index contributed by atoms with van der Waals surface area (Å²) in [5, 5.41) is 3.36. The highest BCUT2D eigenvalue weighted by molar-refractivity contribution is 6.33. The number of ether oxygens (including phenoxy) is 1. The van der Waals surface area contributed by atoms with Crippen molar-refractivity contribution in [1.82, 2.24) is 0 Å². The number of carbonyl (C=O) groups excluding carboxylic acids is 1. The van der Waals surface area contributed by atoms with Crippen LogP contribution in [0.1, 0.15) is 5.56 Å². The molecular weight excluding hydrogens is 288 g/mol. The lowest BCUT2D eigenvalue weighted by Crippen LogP contribution is -2.40. The van der Waals surface area contributed by atoms with Crippen LogP contribution in [0.4, 0.5) is 16.2 Å². The van der Waals surface area contributed by atoms with Crippen LogP contribution in [0.2, 0.25) is 5.02 Å². The van der Waals surface area contributed by atoms with Gasteiger partial charge in [0.15, 0.2) is 0 Å². The third-order valence-electron chi connectivity index (χ3n) is 3.34. The predicted octanol–water partition coefficient (Wildman–Crippen LogP) is 4.08. The molecule has 5 heteroatoms. The minimum Gasteiger partial charge on any atom is -0.490 e. The highest BCUT2D eigenvalue weighted by Gasteiger charge is 2.24. The van der Waals surface area contributed by atoms with E-state index >= 15 is 0 Å². The van der Waals surface area contributed by atoms with Gasteiger partial charge in [-0.05, 0) is 36.8 Å². The summed E-state index contributed by atoms with van der Waals surface area (Å²) in [5.74, 6) is 0.723. The first-order valence-corrected chi connectivity index (χ1v) is 7.09. The van der Waals surface area contributed by atoms with Gasteiger partial charge in [0, 0.05) is 0 Å². The molecule has 0 bridgehead atoms. The van der Waals surface area contributed by atoms with E-state index < -0.39 is 0 Å². The smallest absolute Gasteiger partial charge is 0.326 e. The van der Waals surface area contributed by atoms with Crippen molar-refractivity contribution in [2.45, 2.75) is 6.92 Å². The fourth-order valence-electron chi connectivity index (χ4n) is 2.28. The Kier molecular flexibility index (Phi) is 3.71. The number of hydrogen-bond donors (Lipinski definition) is 1. The van der Waals surface area contributed by atoms with Crippen molar-refractivity contribution in [3.8, 4) is 5.75 Å². The van der Waals surface area contributed by atoms with Crippen LogP contribution >= 0.6 is 11.6 Å². The first-order chi connectivity index (χ1) is 10.1. The maximum Gasteiger partial charge on any atom is 0.326 e. The van der Waals surface area contributed by atoms with E-state index in [4.69, 9.17) is 16.3 Å². The molecule has 2 amide bonds. The molecule has 0 unspecified atom stereocenters. The van der Waals surface area contributed by atoms with Crippen molar-refractivity contribution < 1.29 is 9.53 Å². The molecule has 3 rings (SSSR count). The van der Waals surface area contributed by atoms with Crippen molar-refractivity contribution in [3.63, 3.8) is 0 Å². The fraction of sp³-hybridized carbons (Fsp3) is 0.188. The fourth-order valence-corrected chi connectivity index (χ4v) is 2.47. The van der Waals surface area contributed by atoms with Gasteiger partial charge < -0.3 is 10.1 Å². The normalized spacial score (nSPS) is 13.3. The molecule has 1 heterocycles. The number of nitrogens with zero attached hydrogens (tertiary/aromatic N) is 1. The van der Waals surface area contributed by atoms with Gasteiger partial charge in [-0.25, -0.2) is 4.79 Å². The predicted molar refractivity (Wildman–Crippen MR) is 84.5 cm³/mol. The SMILES string of the molecule is Cc1ccc2c(c1)N(C(=O)Nc1ccccc1Cl)CCO2. The molecule has 0 aromatic heterocycles. The Morgan fingerprint density at radius 1 is 1.29 bits per heavy atom. The molecule has 4 nitrogen and oxygen atoms in total. The zero-order valence-corrected chi connectivity index (χ0v) is 12.4. The Hall–Kier alpha value is -2.20. The van der Waals surface area contributed by atoms with Crippen LogP contribution in [0.25, 0.3) is 0 Å². The molecule has 1 N–H and O–H groups in total. The first kappa shape index (κ1) is 13.8. The number of urea groups is 1. The second-order valence-electron chi connectivity index (χ2n) is 4.88. The van der Waals surface area contributed by atoms with Crippen LogP contribution in [0, 0.1) is 6.92 Å². The summed E-state index contributed by atoms with van der Waals surface area (Å²) < 4.78 is 5.59. The van der Waals surface area contributed by atoms with Crippen molar-refractivity contribution in [2.24, 2.45) is 0 Å². The monoisotopic (exact) mass is 302 g/mol. The molecule has 0 aliphatic carbocycles. The van der Waals surface area contributed by atoms with E-state index in [1.165, 1.54) is 0 Å². The Morgan fingerprint density at radius 2 is 2.10 bits per heavy atom. The number of rotatable bonds is 1. The van der Waals surface area contributed by atoms with Gasteiger partial charge in [0.1, 0.15) is 12.4 Å². The number of anilines is 2. The van der Waals surface area contributed by atoms with E-state index in [-0.39, 0.29) is 6.03 Å². The maximum atomic E-state index is 12.5. The van der Waals surface area contributed by atoms with E-state index in [2.05, 4.69) is 5.32 Å². The van der Waals surface area contributed by atoms with E-state index in [1.807, 2.05) is 37.3 Å². The largest absolute Gasteiger partial charge is 0.490 e. The highest BCUT2D eigenvalue weighted by atomic mass is 35.5. The van der Waals surface area contributed by atoms with Gasteiger partial charge in [0.2, 0.25) is 0 Å². The molecular formula is C16H15ClN2O2. The molecule has 1 aliphatic rings. The number of amides is 2. The van der Waals surface area contributed by atoms with E-state index in [1.54, 1.807) is 17.0 Å². The summed E-state index contributed by atoms with van der Waals surface area (Å²) in [6.45, 7) is 2.97. The molecule has 21 heavy (non-hydrogen) atoms. The molecule has 2 aromatic rings. The summed E-state index contributed by atoms with van der Waals surface area (Å²) >= 11 is 6.07. The van der Waals surface area contributed by atoms with Crippen LogP contribution in [-0.4, -0.2) is 19.2 Å². The second kappa shape index (κ2) is 5.66. The molecule has 2 aromatic carbocycles. The van der Waals surface area contributed by atoms with Crippen molar-refractivity contribution in [1.29, 1.82) is 0 Å². The molecule has 0 fully saturated rings. The molecule has 0 spiro atoms. The summed E-state index contributed by atoms with van der Waals surface area (Å²) in [7, 11) is 0. The van der Waals surface area contributed by atoms with Crippen LogP contribution in [-0.2, 0) is 0 Å². The van der Waals surface area contributed by atoms with Crippen LogP contribution in [0.3, 0.4) is 0 Å². The third-order valence-corrected chi connectivity index (χ3v) is 3.67. The van der Waals surface area contributed by atoms with Crippen molar-refractivity contribution >= 4 is 29.0 Å². The average molecular weight is 303 g/mol. The zero-order chi connectivity index (χ0) is 14.8. The molecule has 108 valence electrons. The number of hydrogen-bond acceptors (Lipinski definition) is 2. The minimum atomic E-state index is -0.210. The van der Waals surface area contributed by atoms with Gasteiger partial charge in [-0.2, -0.15) is 0 Å². The topological polar surface area (TPSA) is 41.6 Å². The van der Waals surface area contributed by atoms with Gasteiger partial charge in [-0.15, -0.1) is 0 Å². The molecule has 0 atom stereocenters. The van der Waals surface area contributed by atoms with Gasteiger partial charge >= 0.3 is 6.03 Å². The number of carbonyl (C=O) groups is 1. The summed E-state index contributed by atoms with van der Waals surface area (Å²) in [6.07, 6.45) is 0. The maximum absolute atomic E-state index is 12.5. The molecule has 0 saturated carbocycles. The highest BCUT2D eigenvalue weighted by Crippen LogP contribution is 2.33. The summed E-state index contributed by atoms with van der Waals surface area (Å²) in [4.78, 5) is 14.2. The molecule has 1 aliphatic heterocycles. The standard InChI is InChI=1S/C16H15ClN2O2/c1-11-6-7-15-14(10-11)19(8-9-21-15)16(20)18-13-5-3-2-4-12(13)17/h2-7,10H,8-9H2,1H3,(H,18,20). The number of halogens is 1. The third kappa shape index (κ3) is 2.81. The number of aryl methyl sites for hydroxylation is 1. The van der Waals surface area contributed by atoms with E-state index in [0.29, 0.717) is 23.9 Å². The minimum absolute atomic E-state index is 0.210. The Bertz CT molecular complexity index is 688.